The first-order valence-corrected chi connectivity index (χ1v) is 10.9. The van der Waals surface area contributed by atoms with Crippen LogP contribution < -0.4 is 5.32 Å². The summed E-state index contributed by atoms with van der Waals surface area (Å²) in [5.74, 6) is 0.0873. The smallest absolute Gasteiger partial charge is 0.254 e. The van der Waals surface area contributed by atoms with E-state index in [9.17, 15) is 9.59 Å². The summed E-state index contributed by atoms with van der Waals surface area (Å²) in [5, 5.41) is 5.16. The Labute approximate surface area is 176 Å². The Hall–Kier alpha value is -3.14. The lowest BCUT2D eigenvalue weighted by atomic mass is 9.94. The molecule has 1 heterocycles. The Morgan fingerprint density at radius 3 is 2.50 bits per heavy atom. The Kier molecular flexibility index (Phi) is 4.99. The van der Waals surface area contributed by atoms with Crippen molar-refractivity contribution in [2.45, 2.75) is 32.1 Å². The van der Waals surface area contributed by atoms with Crippen molar-refractivity contribution in [3.05, 3.63) is 77.4 Å². The fraction of sp³-hybridized carbons (Fsp3) is 0.308. The zero-order chi connectivity index (χ0) is 20.5. The topological polar surface area (TPSA) is 49.4 Å². The van der Waals surface area contributed by atoms with Crippen LogP contribution in [0.15, 0.2) is 60.7 Å². The molecule has 4 nitrogen and oxygen atoms in total. The van der Waals surface area contributed by atoms with Crippen molar-refractivity contribution in [2.24, 2.45) is 5.92 Å². The summed E-state index contributed by atoms with van der Waals surface area (Å²) >= 11 is 0. The molecule has 3 aromatic carbocycles. The zero-order valence-electron chi connectivity index (χ0n) is 17.1. The van der Waals surface area contributed by atoms with Gasteiger partial charge in [-0.1, -0.05) is 42.5 Å². The van der Waals surface area contributed by atoms with Crippen molar-refractivity contribution in [1.29, 1.82) is 0 Å². The van der Waals surface area contributed by atoms with Gasteiger partial charge in [-0.2, -0.15) is 0 Å². The Morgan fingerprint density at radius 1 is 0.867 bits per heavy atom. The first kappa shape index (κ1) is 18.9. The average molecular weight is 399 g/mol. The number of likely N-dealkylation sites (tertiary alicyclic amines) is 1. The summed E-state index contributed by atoms with van der Waals surface area (Å²) in [6.07, 6.45) is 4.86. The van der Waals surface area contributed by atoms with Crippen LogP contribution in [0.2, 0.25) is 0 Å². The van der Waals surface area contributed by atoms with Gasteiger partial charge in [0.05, 0.1) is 0 Å². The number of carbonyl (C=O) groups excluding carboxylic acids is 2. The quantitative estimate of drug-likeness (QED) is 0.688. The van der Waals surface area contributed by atoms with E-state index in [1.807, 2.05) is 53.4 Å². The number of aryl methyl sites for hydroxylation is 2. The van der Waals surface area contributed by atoms with Crippen LogP contribution in [0.1, 0.15) is 40.7 Å². The highest BCUT2D eigenvalue weighted by Crippen LogP contribution is 2.27. The molecule has 0 radical (unpaired) electrons. The molecule has 1 N–H and O–H groups in total. The molecule has 5 rings (SSSR count). The Bertz CT molecular complexity index is 1110. The predicted molar refractivity (Wildman–Crippen MR) is 120 cm³/mol. The van der Waals surface area contributed by atoms with Gasteiger partial charge in [0, 0.05) is 30.3 Å². The SMILES string of the molecule is O=C(Nc1ccc2c(c1)CCC2)C1CCN(C(=O)c2cccc3ccccc23)CC1. The number of anilines is 1. The number of carbonyl (C=O) groups is 2. The molecule has 2 aliphatic rings. The van der Waals surface area contributed by atoms with E-state index < -0.39 is 0 Å². The summed E-state index contributed by atoms with van der Waals surface area (Å²) in [5.41, 5.74) is 4.42. The molecular formula is C26H26N2O2. The minimum Gasteiger partial charge on any atom is -0.339 e. The predicted octanol–water partition coefficient (Wildman–Crippen LogP) is 4.82. The lowest BCUT2D eigenvalue weighted by Crippen LogP contribution is -2.41. The van der Waals surface area contributed by atoms with E-state index in [0.717, 1.165) is 34.9 Å². The molecule has 0 saturated carbocycles. The summed E-state index contributed by atoms with van der Waals surface area (Å²) in [7, 11) is 0. The van der Waals surface area contributed by atoms with Crippen LogP contribution in [-0.2, 0) is 17.6 Å². The lowest BCUT2D eigenvalue weighted by molar-refractivity contribution is -0.121. The molecule has 1 saturated heterocycles. The van der Waals surface area contributed by atoms with Crippen molar-refractivity contribution >= 4 is 28.3 Å². The fourth-order valence-corrected chi connectivity index (χ4v) is 4.82. The molecule has 0 bridgehead atoms. The van der Waals surface area contributed by atoms with E-state index in [-0.39, 0.29) is 17.7 Å². The van der Waals surface area contributed by atoms with Gasteiger partial charge in [0.2, 0.25) is 5.91 Å². The number of amides is 2. The molecule has 1 fully saturated rings. The van der Waals surface area contributed by atoms with E-state index in [1.54, 1.807) is 0 Å². The van der Waals surface area contributed by atoms with E-state index in [4.69, 9.17) is 0 Å². The number of hydrogen-bond donors (Lipinski definition) is 1. The van der Waals surface area contributed by atoms with Gasteiger partial charge in [-0.3, -0.25) is 9.59 Å². The van der Waals surface area contributed by atoms with Crippen LogP contribution in [0.25, 0.3) is 10.8 Å². The van der Waals surface area contributed by atoms with E-state index in [2.05, 4.69) is 17.4 Å². The second-order valence-electron chi connectivity index (χ2n) is 8.42. The number of rotatable bonds is 3. The molecule has 0 atom stereocenters. The average Bonchev–Trinajstić information content (AvgIpc) is 3.26. The molecule has 3 aromatic rings. The van der Waals surface area contributed by atoms with Crippen LogP contribution in [0, 0.1) is 5.92 Å². The van der Waals surface area contributed by atoms with Crippen molar-refractivity contribution < 1.29 is 9.59 Å². The molecule has 4 heteroatoms. The zero-order valence-corrected chi connectivity index (χ0v) is 17.1. The number of piperidine rings is 1. The fourth-order valence-electron chi connectivity index (χ4n) is 4.82. The maximum Gasteiger partial charge on any atom is 0.254 e. The van der Waals surface area contributed by atoms with Crippen LogP contribution in [0.3, 0.4) is 0 Å². The van der Waals surface area contributed by atoms with Crippen molar-refractivity contribution in [2.75, 3.05) is 18.4 Å². The highest BCUT2D eigenvalue weighted by atomic mass is 16.2. The molecule has 1 aliphatic heterocycles. The highest BCUT2D eigenvalue weighted by Gasteiger charge is 2.28. The number of benzene rings is 3. The summed E-state index contributed by atoms with van der Waals surface area (Å²) in [6, 6.07) is 20.1. The molecular weight excluding hydrogens is 372 g/mol. The second kappa shape index (κ2) is 7.94. The van der Waals surface area contributed by atoms with E-state index in [0.29, 0.717) is 25.9 Å². The van der Waals surface area contributed by atoms with Crippen LogP contribution in [0.5, 0.6) is 0 Å². The van der Waals surface area contributed by atoms with Gasteiger partial charge in [0.1, 0.15) is 0 Å². The van der Waals surface area contributed by atoms with Gasteiger partial charge in [0.25, 0.3) is 5.91 Å². The Morgan fingerprint density at radius 2 is 1.63 bits per heavy atom. The normalized spacial score (nSPS) is 16.5. The summed E-state index contributed by atoms with van der Waals surface area (Å²) < 4.78 is 0. The van der Waals surface area contributed by atoms with Crippen molar-refractivity contribution in [3.63, 3.8) is 0 Å². The molecule has 0 unspecified atom stereocenters. The maximum atomic E-state index is 13.1. The van der Waals surface area contributed by atoms with E-state index in [1.165, 1.54) is 17.5 Å². The molecule has 2 amide bonds. The second-order valence-corrected chi connectivity index (χ2v) is 8.42. The molecule has 1 aliphatic carbocycles. The third-order valence-corrected chi connectivity index (χ3v) is 6.54. The third-order valence-electron chi connectivity index (χ3n) is 6.54. The van der Waals surface area contributed by atoms with Gasteiger partial charge in [-0.05, 0) is 72.2 Å². The number of hydrogen-bond acceptors (Lipinski definition) is 2. The van der Waals surface area contributed by atoms with Crippen LogP contribution >= 0.6 is 0 Å². The minimum atomic E-state index is -0.0465. The monoisotopic (exact) mass is 398 g/mol. The molecule has 0 spiro atoms. The largest absolute Gasteiger partial charge is 0.339 e. The van der Waals surface area contributed by atoms with Crippen molar-refractivity contribution in [1.82, 2.24) is 4.90 Å². The van der Waals surface area contributed by atoms with Gasteiger partial charge < -0.3 is 10.2 Å². The maximum absolute atomic E-state index is 13.1. The van der Waals surface area contributed by atoms with Gasteiger partial charge in [-0.15, -0.1) is 0 Å². The molecule has 0 aromatic heterocycles. The van der Waals surface area contributed by atoms with Crippen LogP contribution in [-0.4, -0.2) is 29.8 Å². The van der Waals surface area contributed by atoms with Crippen molar-refractivity contribution in [3.8, 4) is 0 Å². The number of nitrogens with one attached hydrogen (secondary N) is 1. The minimum absolute atomic E-state index is 0.0465. The number of nitrogens with zero attached hydrogens (tertiary/aromatic N) is 1. The van der Waals surface area contributed by atoms with Gasteiger partial charge in [-0.25, -0.2) is 0 Å². The summed E-state index contributed by atoms with van der Waals surface area (Å²) in [6.45, 7) is 1.23. The van der Waals surface area contributed by atoms with Gasteiger partial charge >= 0.3 is 0 Å². The lowest BCUT2D eigenvalue weighted by Gasteiger charge is -2.31. The van der Waals surface area contributed by atoms with Gasteiger partial charge in [0.15, 0.2) is 0 Å². The summed E-state index contributed by atoms with van der Waals surface area (Å²) in [4.78, 5) is 27.8. The highest BCUT2D eigenvalue weighted by molar-refractivity contribution is 6.07. The first-order valence-electron chi connectivity index (χ1n) is 10.9. The van der Waals surface area contributed by atoms with E-state index >= 15 is 0 Å². The standard InChI is InChI=1S/C26H26N2O2/c29-25(27-22-12-11-18-6-3-8-21(18)17-22)20-13-15-28(16-14-20)26(30)24-10-4-7-19-5-1-2-9-23(19)24/h1-2,4-5,7,9-12,17,20H,3,6,8,13-16H2,(H,27,29). The number of fused-ring (bicyclic) bond motifs is 2. The third kappa shape index (κ3) is 3.58. The molecule has 30 heavy (non-hydrogen) atoms. The molecule has 152 valence electrons. The first-order chi connectivity index (χ1) is 14.7. The van der Waals surface area contributed by atoms with Crippen LogP contribution in [0.4, 0.5) is 5.69 Å². The Balaban J connectivity index is 1.22.